The van der Waals surface area contributed by atoms with Crippen LogP contribution in [0.3, 0.4) is 0 Å². The van der Waals surface area contributed by atoms with Crippen LogP contribution in [0.25, 0.3) is 0 Å². The molecule has 3 rings (SSSR count). The van der Waals surface area contributed by atoms with Crippen LogP contribution in [0.15, 0.2) is 36.4 Å². The lowest BCUT2D eigenvalue weighted by Gasteiger charge is -2.23. The molecular formula is C19H23N3O2. The number of aromatic amines is 1. The number of hydrogen-bond donors (Lipinski definition) is 1. The normalized spacial score (nSPS) is 17.5. The summed E-state index contributed by atoms with van der Waals surface area (Å²) in [5.74, 6) is 0.305. The molecule has 1 aromatic heterocycles. The summed E-state index contributed by atoms with van der Waals surface area (Å²) in [5.41, 5.74) is 2.10. The number of nitrogens with one attached hydrogen (secondary N) is 1. The maximum Gasteiger partial charge on any atom is 0.274 e. The molecule has 1 saturated heterocycles. The van der Waals surface area contributed by atoms with Gasteiger partial charge >= 0.3 is 0 Å². The van der Waals surface area contributed by atoms with E-state index in [1.54, 1.807) is 4.90 Å². The van der Waals surface area contributed by atoms with Gasteiger partial charge in [0.15, 0.2) is 5.78 Å². The van der Waals surface area contributed by atoms with E-state index in [9.17, 15) is 9.59 Å². The highest BCUT2D eigenvalue weighted by Crippen LogP contribution is 2.24. The average molecular weight is 325 g/mol. The maximum atomic E-state index is 12.7. The predicted molar refractivity (Wildman–Crippen MR) is 92.1 cm³/mol. The lowest BCUT2D eigenvalue weighted by molar-refractivity contribution is 0.0711. The molecule has 0 unspecified atom stereocenters. The van der Waals surface area contributed by atoms with Gasteiger partial charge in [0.2, 0.25) is 0 Å². The van der Waals surface area contributed by atoms with Crippen LogP contribution in [0, 0.1) is 0 Å². The van der Waals surface area contributed by atoms with E-state index in [1.165, 1.54) is 0 Å². The van der Waals surface area contributed by atoms with Crippen LogP contribution in [-0.4, -0.2) is 39.4 Å². The second-order valence-electron chi connectivity index (χ2n) is 6.65. The van der Waals surface area contributed by atoms with Crippen molar-refractivity contribution in [3.8, 4) is 0 Å². The summed E-state index contributed by atoms with van der Waals surface area (Å²) in [4.78, 5) is 27.0. The van der Waals surface area contributed by atoms with Gasteiger partial charge in [-0.1, -0.05) is 44.2 Å². The summed E-state index contributed by atoms with van der Waals surface area (Å²) >= 11 is 0. The summed E-state index contributed by atoms with van der Waals surface area (Å²) in [6.45, 7) is 4.80. The summed E-state index contributed by atoms with van der Waals surface area (Å²) in [5, 5.41) is 7.08. The zero-order chi connectivity index (χ0) is 17.1. The third-order valence-corrected chi connectivity index (χ3v) is 4.59. The first kappa shape index (κ1) is 16.4. The minimum atomic E-state index is -0.0819. The Balaban J connectivity index is 1.70. The molecule has 0 radical (unpaired) electrons. The molecule has 2 aromatic rings. The molecule has 5 heteroatoms. The summed E-state index contributed by atoms with van der Waals surface area (Å²) < 4.78 is 0. The monoisotopic (exact) mass is 325 g/mol. The Morgan fingerprint density at radius 1 is 1.29 bits per heavy atom. The van der Waals surface area contributed by atoms with Crippen molar-refractivity contribution in [3.05, 3.63) is 53.3 Å². The molecule has 1 fully saturated rings. The van der Waals surface area contributed by atoms with Crippen molar-refractivity contribution in [1.82, 2.24) is 15.1 Å². The van der Waals surface area contributed by atoms with Crippen LogP contribution < -0.4 is 0 Å². The van der Waals surface area contributed by atoms with Gasteiger partial charge in [0.25, 0.3) is 5.91 Å². The smallest absolute Gasteiger partial charge is 0.274 e. The molecule has 0 bridgehead atoms. The van der Waals surface area contributed by atoms with E-state index >= 15 is 0 Å². The minimum Gasteiger partial charge on any atom is -0.334 e. The van der Waals surface area contributed by atoms with Gasteiger partial charge in [-0.2, -0.15) is 5.10 Å². The molecule has 1 aliphatic heterocycles. The van der Waals surface area contributed by atoms with Crippen LogP contribution in [-0.2, 0) is 0 Å². The Morgan fingerprint density at radius 3 is 2.71 bits per heavy atom. The van der Waals surface area contributed by atoms with Gasteiger partial charge in [-0.05, 0) is 24.8 Å². The van der Waals surface area contributed by atoms with E-state index in [0.717, 1.165) is 18.5 Å². The van der Waals surface area contributed by atoms with Gasteiger partial charge < -0.3 is 4.90 Å². The molecular weight excluding hydrogens is 302 g/mol. The van der Waals surface area contributed by atoms with E-state index < -0.39 is 0 Å². The lowest BCUT2D eigenvalue weighted by Crippen LogP contribution is -2.37. The molecule has 5 nitrogen and oxygen atoms in total. The number of amides is 1. The molecule has 1 aromatic carbocycles. The van der Waals surface area contributed by atoms with Gasteiger partial charge in [0.1, 0.15) is 5.69 Å². The number of ketones is 1. The van der Waals surface area contributed by atoms with E-state index in [0.29, 0.717) is 30.1 Å². The van der Waals surface area contributed by atoms with Gasteiger partial charge in [0, 0.05) is 30.3 Å². The van der Waals surface area contributed by atoms with Gasteiger partial charge in [-0.25, -0.2) is 0 Å². The van der Waals surface area contributed by atoms with Gasteiger partial charge in [-0.3, -0.25) is 14.7 Å². The zero-order valence-corrected chi connectivity index (χ0v) is 14.2. The highest BCUT2D eigenvalue weighted by atomic mass is 16.2. The van der Waals surface area contributed by atoms with Crippen LogP contribution in [0.4, 0.5) is 0 Å². The summed E-state index contributed by atoms with van der Waals surface area (Å²) in [6, 6.07) is 11.1. The molecule has 1 amide bonds. The fraction of sp³-hybridized carbons (Fsp3) is 0.421. The summed E-state index contributed by atoms with van der Waals surface area (Å²) in [6.07, 6.45) is 2.17. The lowest BCUT2D eigenvalue weighted by atomic mass is 10.0. The van der Waals surface area contributed by atoms with E-state index in [-0.39, 0.29) is 17.7 Å². The topological polar surface area (TPSA) is 66.1 Å². The number of H-pyrrole nitrogens is 1. The Labute approximate surface area is 142 Å². The third kappa shape index (κ3) is 3.40. The van der Waals surface area contributed by atoms with Crippen LogP contribution in [0.5, 0.6) is 0 Å². The SMILES string of the molecule is CC(C)c1cc(C(=O)N2CCC[C@@H]2CC(=O)c2ccccc2)n[nH]1. The van der Waals surface area contributed by atoms with E-state index in [4.69, 9.17) is 0 Å². The number of hydrogen-bond acceptors (Lipinski definition) is 3. The van der Waals surface area contributed by atoms with Crippen molar-refractivity contribution in [3.63, 3.8) is 0 Å². The molecule has 1 atom stereocenters. The Bertz CT molecular complexity index is 721. The molecule has 1 aliphatic rings. The quantitative estimate of drug-likeness (QED) is 0.857. The standard InChI is InChI=1S/C19H23N3O2/c1-13(2)16-12-17(21-20-16)19(24)22-10-6-9-15(22)11-18(23)14-7-4-3-5-8-14/h3-5,7-8,12-13,15H,6,9-11H2,1-2H3,(H,20,21)/t15-/m1/s1. The first-order valence-corrected chi connectivity index (χ1v) is 8.50. The molecule has 0 spiro atoms. The molecule has 24 heavy (non-hydrogen) atoms. The second-order valence-corrected chi connectivity index (χ2v) is 6.65. The van der Waals surface area contributed by atoms with Crippen molar-refractivity contribution in [2.45, 2.75) is 45.1 Å². The number of rotatable bonds is 5. The maximum absolute atomic E-state index is 12.7. The fourth-order valence-electron chi connectivity index (χ4n) is 3.16. The van der Waals surface area contributed by atoms with Crippen molar-refractivity contribution in [2.75, 3.05) is 6.54 Å². The van der Waals surface area contributed by atoms with Crippen molar-refractivity contribution < 1.29 is 9.59 Å². The van der Waals surface area contributed by atoms with Crippen LogP contribution in [0.1, 0.15) is 65.6 Å². The van der Waals surface area contributed by atoms with Gasteiger partial charge in [-0.15, -0.1) is 0 Å². The van der Waals surface area contributed by atoms with E-state index in [2.05, 4.69) is 24.0 Å². The average Bonchev–Trinajstić information content (AvgIpc) is 3.24. The Hall–Kier alpha value is -2.43. The first-order chi connectivity index (χ1) is 11.6. The van der Waals surface area contributed by atoms with Crippen LogP contribution >= 0.6 is 0 Å². The Morgan fingerprint density at radius 2 is 2.04 bits per heavy atom. The second kappa shape index (κ2) is 6.99. The zero-order valence-electron chi connectivity index (χ0n) is 14.2. The number of aromatic nitrogens is 2. The number of Topliss-reactive ketones (excluding diaryl/α,β-unsaturated/α-hetero) is 1. The van der Waals surface area contributed by atoms with Crippen molar-refractivity contribution in [1.29, 1.82) is 0 Å². The highest BCUT2D eigenvalue weighted by molar-refractivity contribution is 5.97. The van der Waals surface area contributed by atoms with Gasteiger partial charge in [0.05, 0.1) is 0 Å². The Kier molecular flexibility index (Phi) is 4.79. The van der Waals surface area contributed by atoms with Crippen molar-refractivity contribution >= 4 is 11.7 Å². The number of carbonyl (C=O) groups excluding carboxylic acids is 2. The number of benzene rings is 1. The van der Waals surface area contributed by atoms with Crippen LogP contribution in [0.2, 0.25) is 0 Å². The predicted octanol–water partition coefficient (Wildman–Crippen LogP) is 3.41. The largest absolute Gasteiger partial charge is 0.334 e. The third-order valence-electron chi connectivity index (χ3n) is 4.59. The number of carbonyl (C=O) groups is 2. The number of likely N-dealkylation sites (tertiary alicyclic amines) is 1. The molecule has 1 N–H and O–H groups in total. The summed E-state index contributed by atoms with van der Waals surface area (Å²) in [7, 11) is 0. The first-order valence-electron chi connectivity index (χ1n) is 8.50. The molecule has 0 saturated carbocycles. The molecule has 0 aliphatic carbocycles. The van der Waals surface area contributed by atoms with E-state index in [1.807, 2.05) is 36.4 Å². The minimum absolute atomic E-state index is 0.0376. The van der Waals surface area contributed by atoms with Crippen molar-refractivity contribution in [2.24, 2.45) is 0 Å². The highest BCUT2D eigenvalue weighted by Gasteiger charge is 2.32. The molecule has 2 heterocycles. The fourth-order valence-corrected chi connectivity index (χ4v) is 3.16. The molecule has 126 valence electrons. The number of nitrogens with zero attached hydrogens (tertiary/aromatic N) is 2.